The van der Waals surface area contributed by atoms with E-state index in [2.05, 4.69) is 0 Å². The summed E-state index contributed by atoms with van der Waals surface area (Å²) in [5.41, 5.74) is 1.60. The summed E-state index contributed by atoms with van der Waals surface area (Å²) < 4.78 is 12.3. The van der Waals surface area contributed by atoms with E-state index in [-0.39, 0.29) is 37.6 Å². The molecule has 3 aromatic carbocycles. The molecule has 1 fully saturated rings. The first kappa shape index (κ1) is 29.5. The van der Waals surface area contributed by atoms with Gasteiger partial charge in [0.25, 0.3) is 11.6 Å². The lowest BCUT2D eigenvalue weighted by Crippen LogP contribution is -2.33. The molecule has 12 heteroatoms. The Labute approximate surface area is 250 Å². The average Bonchev–Trinajstić information content (AvgIpc) is 3.71. The van der Waals surface area contributed by atoms with Crippen LogP contribution in [0.15, 0.2) is 66.7 Å². The van der Waals surface area contributed by atoms with E-state index in [0.717, 1.165) is 5.56 Å². The number of carbonyl (C=O) groups is 3. The van der Waals surface area contributed by atoms with Gasteiger partial charge in [0, 0.05) is 45.3 Å². The lowest BCUT2D eigenvalue weighted by atomic mass is 9.93. The molecule has 1 heterocycles. The Hall–Kier alpha value is -3.99. The van der Waals surface area contributed by atoms with Crippen molar-refractivity contribution >= 4 is 46.7 Å². The first-order chi connectivity index (χ1) is 20.1. The van der Waals surface area contributed by atoms with Gasteiger partial charge in [-0.3, -0.25) is 24.5 Å². The fraction of sp³-hybridized carbons (Fsp3) is 0.300. The number of carboxylic acids is 1. The lowest BCUT2D eigenvalue weighted by molar-refractivity contribution is -0.384. The maximum absolute atomic E-state index is 13.7. The molecular formula is C30H26Cl2N2O8. The Balaban J connectivity index is 1.47. The van der Waals surface area contributed by atoms with E-state index in [4.69, 9.17) is 37.8 Å². The van der Waals surface area contributed by atoms with E-state index in [1.54, 1.807) is 42.5 Å². The quantitative estimate of drug-likeness (QED) is 0.139. The van der Waals surface area contributed by atoms with E-state index in [0.29, 0.717) is 39.6 Å². The minimum atomic E-state index is -1.09. The number of nitro groups is 1. The predicted molar refractivity (Wildman–Crippen MR) is 152 cm³/mol. The van der Waals surface area contributed by atoms with Crippen LogP contribution in [-0.4, -0.2) is 39.4 Å². The minimum Gasteiger partial charge on any atom is -0.481 e. The molecule has 0 bridgehead atoms. The topological polar surface area (TPSA) is 136 Å². The maximum Gasteiger partial charge on any atom is 0.306 e. The highest BCUT2D eigenvalue weighted by Crippen LogP contribution is 2.59. The number of fused-ring (bicyclic) bond motifs is 1. The van der Waals surface area contributed by atoms with Crippen molar-refractivity contribution in [3.8, 4) is 0 Å². The summed E-state index contributed by atoms with van der Waals surface area (Å²) in [6, 6.07) is 18.0. The van der Waals surface area contributed by atoms with Crippen molar-refractivity contribution in [1.29, 1.82) is 0 Å². The highest BCUT2D eigenvalue weighted by Gasteiger charge is 2.54. The second kappa shape index (κ2) is 12.1. The van der Waals surface area contributed by atoms with Crippen LogP contribution in [0.4, 0.5) is 5.69 Å². The van der Waals surface area contributed by atoms with Gasteiger partial charge in [0.2, 0.25) is 0 Å². The van der Waals surface area contributed by atoms with Crippen LogP contribution in [0.1, 0.15) is 65.1 Å². The van der Waals surface area contributed by atoms with Crippen LogP contribution in [0.2, 0.25) is 10.0 Å². The van der Waals surface area contributed by atoms with Crippen LogP contribution in [-0.2, 0) is 25.6 Å². The van der Waals surface area contributed by atoms with E-state index >= 15 is 0 Å². The fourth-order valence-electron chi connectivity index (χ4n) is 5.10. The summed E-state index contributed by atoms with van der Waals surface area (Å²) in [4.78, 5) is 49.0. The summed E-state index contributed by atoms with van der Waals surface area (Å²) in [5, 5.41) is 20.9. The molecule has 1 aliphatic heterocycles. The standard InChI is InChI=1S/C30H26Cl2N2O8/c31-20-8-6-19(7-9-20)27(30(14-15-30)17-41-25(37)13-12-24(35)36)42-29-26-22(2-1-3-23(26)32)28(38)33(29)16-18-4-10-21(11-5-18)34(39)40/h1-11,27,29H,12-17H2,(H,35,36). The van der Waals surface area contributed by atoms with Crippen LogP contribution in [0.5, 0.6) is 0 Å². The molecular weight excluding hydrogens is 587 g/mol. The number of aliphatic carboxylic acids is 1. The highest BCUT2D eigenvalue weighted by atomic mass is 35.5. The Bertz CT molecular complexity index is 1520. The number of ether oxygens (including phenoxy) is 2. The molecule has 1 aliphatic carbocycles. The van der Waals surface area contributed by atoms with E-state index in [1.807, 2.05) is 12.1 Å². The van der Waals surface area contributed by atoms with Crippen molar-refractivity contribution in [2.45, 2.75) is 44.6 Å². The Kier molecular flexibility index (Phi) is 8.49. The molecule has 0 saturated heterocycles. The monoisotopic (exact) mass is 612 g/mol. The number of nitrogens with zero attached hydrogens (tertiary/aromatic N) is 2. The third-order valence-electron chi connectivity index (χ3n) is 7.52. The number of hydrogen-bond acceptors (Lipinski definition) is 7. The number of nitro benzene ring substituents is 1. The Morgan fingerprint density at radius 1 is 1.05 bits per heavy atom. The van der Waals surface area contributed by atoms with Gasteiger partial charge in [-0.2, -0.15) is 0 Å². The number of hydrogen-bond donors (Lipinski definition) is 1. The number of carboxylic acid groups (broad SMARTS) is 1. The van der Waals surface area contributed by atoms with Crippen LogP contribution >= 0.6 is 23.2 Å². The molecule has 2 unspecified atom stereocenters. The Morgan fingerprint density at radius 2 is 1.74 bits per heavy atom. The van der Waals surface area contributed by atoms with Gasteiger partial charge in [-0.05, 0) is 48.2 Å². The minimum absolute atomic E-state index is 0.00283. The van der Waals surface area contributed by atoms with Crippen molar-refractivity contribution in [3.05, 3.63) is 109 Å². The molecule has 3 aromatic rings. The molecule has 42 heavy (non-hydrogen) atoms. The molecule has 0 spiro atoms. The molecule has 5 rings (SSSR count). The Morgan fingerprint density at radius 3 is 2.36 bits per heavy atom. The summed E-state index contributed by atoms with van der Waals surface area (Å²) in [5.74, 6) is -2.02. The van der Waals surface area contributed by atoms with Gasteiger partial charge >= 0.3 is 11.9 Å². The number of amides is 1. The van der Waals surface area contributed by atoms with E-state index in [9.17, 15) is 24.5 Å². The van der Waals surface area contributed by atoms with Crippen molar-refractivity contribution in [1.82, 2.24) is 4.90 Å². The predicted octanol–water partition coefficient (Wildman–Crippen LogP) is 6.50. The molecule has 0 radical (unpaired) electrons. The fourth-order valence-corrected chi connectivity index (χ4v) is 5.49. The molecule has 1 amide bonds. The van der Waals surface area contributed by atoms with Crippen molar-refractivity contribution in [2.24, 2.45) is 5.41 Å². The molecule has 1 N–H and O–H groups in total. The van der Waals surface area contributed by atoms with Crippen molar-refractivity contribution < 1.29 is 33.9 Å². The van der Waals surface area contributed by atoms with Gasteiger partial charge in [0.05, 0.1) is 30.5 Å². The van der Waals surface area contributed by atoms with Gasteiger partial charge in [-0.15, -0.1) is 0 Å². The van der Waals surface area contributed by atoms with Crippen LogP contribution in [0.3, 0.4) is 0 Å². The van der Waals surface area contributed by atoms with Gasteiger partial charge in [0.15, 0.2) is 6.23 Å². The zero-order chi connectivity index (χ0) is 30.0. The molecule has 2 aliphatic rings. The lowest BCUT2D eigenvalue weighted by Gasteiger charge is -2.34. The number of halogens is 2. The number of carbonyl (C=O) groups excluding carboxylic acids is 2. The highest BCUT2D eigenvalue weighted by molar-refractivity contribution is 6.32. The summed E-state index contributed by atoms with van der Waals surface area (Å²) in [6.07, 6.45) is -0.838. The largest absolute Gasteiger partial charge is 0.481 e. The maximum atomic E-state index is 13.7. The summed E-state index contributed by atoms with van der Waals surface area (Å²) in [7, 11) is 0. The molecule has 10 nitrogen and oxygen atoms in total. The first-order valence-corrected chi connectivity index (χ1v) is 13.9. The number of esters is 1. The third-order valence-corrected chi connectivity index (χ3v) is 8.11. The number of benzene rings is 3. The zero-order valence-electron chi connectivity index (χ0n) is 22.2. The number of non-ortho nitro benzene ring substituents is 1. The van der Waals surface area contributed by atoms with Gasteiger partial charge in [-0.1, -0.05) is 53.5 Å². The number of rotatable bonds is 12. The van der Waals surface area contributed by atoms with Crippen molar-refractivity contribution in [3.63, 3.8) is 0 Å². The first-order valence-electron chi connectivity index (χ1n) is 13.2. The smallest absolute Gasteiger partial charge is 0.306 e. The van der Waals surface area contributed by atoms with Crippen LogP contribution in [0.25, 0.3) is 0 Å². The van der Waals surface area contributed by atoms with Gasteiger partial charge in [-0.25, -0.2) is 0 Å². The second-order valence-electron chi connectivity index (χ2n) is 10.4. The third kappa shape index (κ3) is 6.25. The zero-order valence-corrected chi connectivity index (χ0v) is 23.7. The molecule has 0 aromatic heterocycles. The van der Waals surface area contributed by atoms with Gasteiger partial charge < -0.3 is 19.5 Å². The van der Waals surface area contributed by atoms with Crippen LogP contribution < -0.4 is 0 Å². The summed E-state index contributed by atoms with van der Waals surface area (Å²) >= 11 is 12.8. The molecule has 1 saturated carbocycles. The van der Waals surface area contributed by atoms with Gasteiger partial charge in [0.1, 0.15) is 0 Å². The molecule has 2 atom stereocenters. The summed E-state index contributed by atoms with van der Waals surface area (Å²) in [6.45, 7) is 0.0914. The van der Waals surface area contributed by atoms with Crippen LogP contribution in [0, 0.1) is 15.5 Å². The SMILES string of the molecule is O=C(O)CCC(=O)OCC1(C(OC2c3c(Cl)cccc3C(=O)N2Cc2ccc([N+](=O)[O-])cc2)c2ccc(Cl)cc2)CC1. The van der Waals surface area contributed by atoms with E-state index in [1.165, 1.54) is 17.0 Å². The second-order valence-corrected chi connectivity index (χ2v) is 11.2. The molecule has 218 valence electrons. The normalized spacial score (nSPS) is 17.4. The van der Waals surface area contributed by atoms with E-state index < -0.39 is 34.6 Å². The van der Waals surface area contributed by atoms with Crippen molar-refractivity contribution in [2.75, 3.05) is 6.61 Å². The average molecular weight is 613 g/mol.